The third-order valence-electron chi connectivity index (χ3n) is 2.31. The number of amides is 2. The Balaban J connectivity index is 2.13. The molecule has 2 rings (SSSR count). The lowest BCUT2D eigenvalue weighted by molar-refractivity contribution is -0.114. The first-order valence-electron chi connectivity index (χ1n) is 5.59. The van der Waals surface area contributed by atoms with Crippen molar-refractivity contribution in [3.63, 3.8) is 0 Å². The van der Waals surface area contributed by atoms with E-state index in [2.05, 4.69) is 10.6 Å². The van der Waals surface area contributed by atoms with Crippen LogP contribution in [-0.4, -0.2) is 11.8 Å². The van der Waals surface area contributed by atoms with Crippen molar-refractivity contribution in [1.82, 2.24) is 0 Å². The van der Waals surface area contributed by atoms with Crippen LogP contribution in [0.4, 0.5) is 11.6 Å². The summed E-state index contributed by atoms with van der Waals surface area (Å²) in [6, 6.07) is 7.64. The highest BCUT2D eigenvalue weighted by atomic mass is 35.5. The molecule has 0 spiro atoms. The third kappa shape index (κ3) is 3.53. The molecule has 0 radical (unpaired) electrons. The van der Waals surface area contributed by atoms with Gasteiger partial charge in [0.05, 0.1) is 10.7 Å². The summed E-state index contributed by atoms with van der Waals surface area (Å²) in [5.41, 5.74) is 0.377. The first kappa shape index (κ1) is 14.4. The van der Waals surface area contributed by atoms with Crippen LogP contribution in [-0.2, 0) is 4.79 Å². The molecule has 0 saturated carbocycles. The molecule has 0 atom stereocenters. The molecular formula is C13H10Cl2N2O3. The molecule has 1 aromatic heterocycles. The number of hydrogen-bond acceptors (Lipinski definition) is 3. The third-order valence-corrected chi connectivity index (χ3v) is 2.87. The Bertz CT molecular complexity index is 667. The second-order valence-corrected chi connectivity index (χ2v) is 4.77. The maximum absolute atomic E-state index is 12.0. The van der Waals surface area contributed by atoms with E-state index in [1.165, 1.54) is 25.1 Å². The number of anilines is 2. The molecule has 0 aliphatic heterocycles. The number of halogens is 2. The summed E-state index contributed by atoms with van der Waals surface area (Å²) >= 11 is 11.8. The van der Waals surface area contributed by atoms with E-state index in [1.54, 1.807) is 12.1 Å². The molecule has 0 aliphatic carbocycles. The number of carbonyl (C=O) groups excluding carboxylic acids is 2. The number of rotatable bonds is 3. The zero-order valence-electron chi connectivity index (χ0n) is 10.4. The zero-order chi connectivity index (χ0) is 14.7. The van der Waals surface area contributed by atoms with Gasteiger partial charge < -0.3 is 9.73 Å². The minimum atomic E-state index is -0.495. The van der Waals surface area contributed by atoms with Crippen LogP contribution in [0.3, 0.4) is 0 Å². The van der Waals surface area contributed by atoms with E-state index < -0.39 is 5.91 Å². The van der Waals surface area contributed by atoms with Crippen LogP contribution in [0.1, 0.15) is 17.5 Å². The van der Waals surface area contributed by atoms with Crippen LogP contribution in [0.5, 0.6) is 0 Å². The van der Waals surface area contributed by atoms with E-state index in [1.807, 2.05) is 0 Å². The average molecular weight is 313 g/mol. The predicted octanol–water partition coefficient (Wildman–Crippen LogP) is 3.80. The van der Waals surface area contributed by atoms with Gasteiger partial charge in [0.2, 0.25) is 5.91 Å². The molecule has 1 aromatic carbocycles. The fraction of sp³-hybridized carbons (Fsp3) is 0.0769. The Morgan fingerprint density at radius 2 is 1.85 bits per heavy atom. The largest absolute Gasteiger partial charge is 0.435 e. The van der Waals surface area contributed by atoms with Gasteiger partial charge in [-0.1, -0.05) is 23.2 Å². The average Bonchev–Trinajstić information content (AvgIpc) is 2.81. The van der Waals surface area contributed by atoms with Crippen molar-refractivity contribution >= 4 is 46.6 Å². The van der Waals surface area contributed by atoms with E-state index >= 15 is 0 Å². The molecule has 2 N–H and O–H groups in total. The fourth-order valence-corrected chi connectivity index (χ4v) is 1.81. The minimum Gasteiger partial charge on any atom is -0.435 e. The Morgan fingerprint density at radius 1 is 1.10 bits per heavy atom. The first-order chi connectivity index (χ1) is 9.45. The number of hydrogen-bond donors (Lipinski definition) is 2. The van der Waals surface area contributed by atoms with Gasteiger partial charge in [-0.25, -0.2) is 0 Å². The Kier molecular flexibility index (Phi) is 4.32. The lowest BCUT2D eigenvalue weighted by Crippen LogP contribution is -2.11. The summed E-state index contributed by atoms with van der Waals surface area (Å²) in [5, 5.41) is 5.81. The number of carbonyl (C=O) groups is 2. The lowest BCUT2D eigenvalue weighted by Gasteiger charge is -2.06. The molecule has 2 aromatic rings. The van der Waals surface area contributed by atoms with E-state index in [0.717, 1.165) is 0 Å². The first-order valence-corrected chi connectivity index (χ1v) is 6.35. The lowest BCUT2D eigenvalue weighted by atomic mass is 10.3. The minimum absolute atomic E-state index is 0.0461. The van der Waals surface area contributed by atoms with Crippen LogP contribution >= 0.6 is 23.2 Å². The molecule has 104 valence electrons. The summed E-state index contributed by atoms with van der Waals surface area (Å²) in [4.78, 5) is 22.8. The molecule has 5 nitrogen and oxygen atoms in total. The Labute approximate surface area is 124 Å². The van der Waals surface area contributed by atoms with Crippen LogP contribution in [0.15, 0.2) is 34.7 Å². The molecule has 20 heavy (non-hydrogen) atoms. The number of nitrogens with one attached hydrogen (secondary N) is 2. The highest BCUT2D eigenvalue weighted by Crippen LogP contribution is 2.26. The van der Waals surface area contributed by atoms with Gasteiger partial charge in [0, 0.05) is 18.0 Å². The molecule has 7 heteroatoms. The summed E-state index contributed by atoms with van der Waals surface area (Å²) < 4.78 is 5.18. The zero-order valence-corrected chi connectivity index (χ0v) is 11.9. The van der Waals surface area contributed by atoms with E-state index in [4.69, 9.17) is 27.6 Å². The Hall–Kier alpha value is -1.98. The number of furan rings is 1. The molecular weight excluding hydrogens is 303 g/mol. The van der Waals surface area contributed by atoms with Crippen molar-refractivity contribution in [2.45, 2.75) is 6.92 Å². The van der Waals surface area contributed by atoms with Gasteiger partial charge in [0.1, 0.15) is 0 Å². The Morgan fingerprint density at radius 3 is 2.55 bits per heavy atom. The smallest absolute Gasteiger partial charge is 0.291 e. The summed E-state index contributed by atoms with van der Waals surface area (Å²) in [6.45, 7) is 1.34. The normalized spacial score (nSPS) is 10.2. The fourth-order valence-electron chi connectivity index (χ4n) is 1.48. The molecule has 2 amide bonds. The summed E-state index contributed by atoms with van der Waals surface area (Å²) in [6.07, 6.45) is 0. The molecule has 0 fully saturated rings. The van der Waals surface area contributed by atoms with Crippen molar-refractivity contribution in [1.29, 1.82) is 0 Å². The van der Waals surface area contributed by atoms with Gasteiger partial charge in [-0.15, -0.1) is 0 Å². The van der Waals surface area contributed by atoms with Gasteiger partial charge in [-0.2, -0.15) is 0 Å². The van der Waals surface area contributed by atoms with Crippen molar-refractivity contribution in [3.8, 4) is 0 Å². The van der Waals surface area contributed by atoms with Crippen LogP contribution < -0.4 is 10.6 Å². The maximum Gasteiger partial charge on any atom is 0.291 e. The van der Waals surface area contributed by atoms with E-state index in [9.17, 15) is 9.59 Å². The van der Waals surface area contributed by atoms with Crippen molar-refractivity contribution < 1.29 is 14.0 Å². The van der Waals surface area contributed by atoms with Gasteiger partial charge in [-0.05, 0) is 24.3 Å². The van der Waals surface area contributed by atoms with Crippen molar-refractivity contribution in [2.75, 3.05) is 10.6 Å². The highest BCUT2D eigenvalue weighted by molar-refractivity contribution is 6.35. The quantitative estimate of drug-likeness (QED) is 0.905. The molecule has 1 heterocycles. The maximum atomic E-state index is 12.0. The second-order valence-electron chi connectivity index (χ2n) is 3.92. The summed E-state index contributed by atoms with van der Waals surface area (Å²) in [5.74, 6) is -0.542. The number of benzene rings is 1. The SMILES string of the molecule is CC(=O)Nc1ccc(C(=O)Nc2cc(Cl)ccc2Cl)o1. The predicted molar refractivity (Wildman–Crippen MR) is 77.4 cm³/mol. The van der Waals surface area contributed by atoms with Crippen molar-refractivity contribution in [2.24, 2.45) is 0 Å². The molecule has 0 aliphatic rings. The highest BCUT2D eigenvalue weighted by Gasteiger charge is 2.13. The van der Waals surface area contributed by atoms with Gasteiger partial charge in [0.15, 0.2) is 11.6 Å². The second kappa shape index (κ2) is 5.98. The van der Waals surface area contributed by atoms with E-state index in [-0.39, 0.29) is 17.6 Å². The van der Waals surface area contributed by atoms with Crippen LogP contribution in [0, 0.1) is 0 Å². The van der Waals surface area contributed by atoms with Crippen molar-refractivity contribution in [3.05, 3.63) is 46.1 Å². The standard InChI is InChI=1S/C13H10Cl2N2O3/c1-7(18)16-12-5-4-11(20-12)13(19)17-10-6-8(14)2-3-9(10)15/h2-6H,1H3,(H,16,18)(H,17,19). The van der Waals surface area contributed by atoms with Gasteiger partial charge in [-0.3, -0.25) is 14.9 Å². The molecule has 0 saturated heterocycles. The van der Waals surface area contributed by atoms with E-state index in [0.29, 0.717) is 15.7 Å². The summed E-state index contributed by atoms with van der Waals surface area (Å²) in [7, 11) is 0. The van der Waals surface area contributed by atoms with Gasteiger partial charge >= 0.3 is 0 Å². The molecule has 0 unspecified atom stereocenters. The van der Waals surface area contributed by atoms with Gasteiger partial charge in [0.25, 0.3) is 5.91 Å². The monoisotopic (exact) mass is 312 g/mol. The topological polar surface area (TPSA) is 71.3 Å². The van der Waals surface area contributed by atoms with Crippen LogP contribution in [0.2, 0.25) is 10.0 Å². The van der Waals surface area contributed by atoms with Crippen LogP contribution in [0.25, 0.3) is 0 Å². The molecule has 0 bridgehead atoms.